The molecule has 2 heterocycles. The van der Waals surface area contributed by atoms with Gasteiger partial charge in [-0.2, -0.15) is 23.4 Å². The van der Waals surface area contributed by atoms with Gasteiger partial charge in [-0.15, -0.1) is 0 Å². The second-order valence-corrected chi connectivity index (χ2v) is 13.6. The number of aromatic nitrogens is 4. The van der Waals surface area contributed by atoms with Crippen molar-refractivity contribution >= 4 is 34.4 Å². The van der Waals surface area contributed by atoms with E-state index in [0.717, 1.165) is 34.8 Å². The third-order valence-corrected chi connectivity index (χ3v) is 10.8. The molecule has 12 heteroatoms. The van der Waals surface area contributed by atoms with E-state index in [1.165, 1.54) is 0 Å². The van der Waals surface area contributed by atoms with Crippen LogP contribution in [0.3, 0.4) is 0 Å². The molecule has 0 spiro atoms. The number of aliphatic carboxylic acids is 1. The van der Waals surface area contributed by atoms with Crippen molar-refractivity contribution in [1.29, 1.82) is 0 Å². The summed E-state index contributed by atoms with van der Waals surface area (Å²) in [5.74, 6) is -0.751. The van der Waals surface area contributed by atoms with Gasteiger partial charge >= 0.3 is 12.1 Å². The molecule has 226 valence electrons. The minimum atomic E-state index is -4.81. The van der Waals surface area contributed by atoms with Crippen molar-refractivity contribution in [3.8, 4) is 0 Å². The van der Waals surface area contributed by atoms with Gasteiger partial charge < -0.3 is 10.0 Å². The summed E-state index contributed by atoms with van der Waals surface area (Å²) in [6, 6.07) is 4.56. The number of H-pyrrole nitrogens is 1. The average Bonchev–Trinajstić information content (AvgIpc) is 3.48. The van der Waals surface area contributed by atoms with Gasteiger partial charge in [0.25, 0.3) is 5.91 Å². The number of carboxylic acids is 1. The van der Waals surface area contributed by atoms with Crippen molar-refractivity contribution in [3.05, 3.63) is 46.4 Å². The zero-order valence-corrected chi connectivity index (χ0v) is 24.6. The smallest absolute Gasteiger partial charge is 0.433 e. The highest BCUT2D eigenvalue weighted by atomic mass is 35.5. The monoisotopic (exact) mass is 605 g/mol. The topological polar surface area (TPSA) is 104 Å². The highest BCUT2D eigenvalue weighted by Crippen LogP contribution is 2.67. The van der Waals surface area contributed by atoms with Gasteiger partial charge in [0, 0.05) is 30.1 Å². The number of halogens is 4. The van der Waals surface area contributed by atoms with Crippen LogP contribution in [0.4, 0.5) is 13.2 Å². The van der Waals surface area contributed by atoms with Crippen molar-refractivity contribution in [1.82, 2.24) is 24.9 Å². The third kappa shape index (κ3) is 4.77. The quantitative estimate of drug-likeness (QED) is 0.310. The molecule has 0 bridgehead atoms. The van der Waals surface area contributed by atoms with Gasteiger partial charge in [-0.3, -0.25) is 19.4 Å². The molecule has 3 fully saturated rings. The van der Waals surface area contributed by atoms with E-state index < -0.39 is 40.8 Å². The standard InChI is InChI=1S/C30H35ClF3N5O3/c1-28(2)19-13-17(14-20(19)28)38(12-9-23-24-21(31)5-4-6-22(24)36-37-23)26(40)18-15-35-39(25(18)30(32,33)34)16-7-10-29(3,11-8-16)27(41)42/h4-6,15-17,19-20H,7-14H2,1-3H3,(H,36,37)(H,41,42). The number of hydrogen-bond acceptors (Lipinski definition) is 4. The molecule has 3 aromatic rings. The average molecular weight is 606 g/mol. The SMILES string of the molecule is CC1(C(=O)O)CCC(n2ncc(C(=O)N(CCc3[nH]nc4cccc(Cl)c34)C3CC4C(C3)C4(C)C)c2C(F)(F)F)CC1. The maximum atomic E-state index is 14.6. The molecule has 3 saturated carbocycles. The van der Waals surface area contributed by atoms with Crippen LogP contribution in [0.15, 0.2) is 24.4 Å². The van der Waals surface area contributed by atoms with Crippen LogP contribution in [-0.2, 0) is 17.4 Å². The van der Waals surface area contributed by atoms with Crippen LogP contribution in [-0.4, -0.2) is 54.4 Å². The first kappa shape index (κ1) is 29.0. The number of nitrogens with zero attached hydrogens (tertiary/aromatic N) is 4. The Morgan fingerprint density at radius 1 is 1.17 bits per heavy atom. The van der Waals surface area contributed by atoms with Gasteiger partial charge in [0.05, 0.1) is 33.8 Å². The van der Waals surface area contributed by atoms with E-state index in [9.17, 15) is 27.9 Å². The van der Waals surface area contributed by atoms with Crippen LogP contribution in [0.1, 0.15) is 87.1 Å². The maximum absolute atomic E-state index is 14.6. The number of fused-ring (bicyclic) bond motifs is 2. The fraction of sp³-hybridized carbons (Fsp3) is 0.600. The van der Waals surface area contributed by atoms with Crippen LogP contribution >= 0.6 is 11.6 Å². The molecule has 0 aliphatic heterocycles. The second kappa shape index (κ2) is 9.99. The molecule has 2 unspecified atom stereocenters. The zero-order valence-electron chi connectivity index (χ0n) is 23.8. The van der Waals surface area contributed by atoms with Crippen molar-refractivity contribution < 1.29 is 27.9 Å². The molecule has 0 radical (unpaired) electrons. The molecule has 42 heavy (non-hydrogen) atoms. The minimum absolute atomic E-state index is 0.180. The van der Waals surface area contributed by atoms with Crippen LogP contribution < -0.4 is 0 Å². The summed E-state index contributed by atoms with van der Waals surface area (Å²) in [6.07, 6.45) is -0.966. The van der Waals surface area contributed by atoms with E-state index >= 15 is 0 Å². The normalized spacial score (nSPS) is 28.5. The molecule has 3 aliphatic rings. The summed E-state index contributed by atoms with van der Waals surface area (Å²) >= 11 is 6.43. The Morgan fingerprint density at radius 2 is 1.83 bits per heavy atom. The number of benzene rings is 1. The third-order valence-electron chi connectivity index (χ3n) is 10.5. The number of carbonyl (C=O) groups excluding carboxylic acids is 1. The van der Waals surface area contributed by atoms with Crippen LogP contribution in [0, 0.1) is 22.7 Å². The predicted molar refractivity (Wildman–Crippen MR) is 150 cm³/mol. The first-order valence-electron chi connectivity index (χ1n) is 14.5. The molecule has 1 aromatic carbocycles. The number of carboxylic acid groups (broad SMARTS) is 1. The maximum Gasteiger partial charge on any atom is 0.433 e. The number of amides is 1. The van der Waals surface area contributed by atoms with E-state index in [1.807, 2.05) is 6.07 Å². The fourth-order valence-electron chi connectivity index (χ4n) is 7.61. The number of nitrogens with one attached hydrogen (secondary N) is 1. The van der Waals surface area contributed by atoms with Gasteiger partial charge in [0.15, 0.2) is 5.69 Å². The number of carbonyl (C=O) groups is 2. The second-order valence-electron chi connectivity index (χ2n) is 13.2. The van der Waals surface area contributed by atoms with Crippen LogP contribution in [0.25, 0.3) is 10.9 Å². The van der Waals surface area contributed by atoms with Gasteiger partial charge in [-0.05, 0) is 74.8 Å². The molecule has 3 aliphatic carbocycles. The van der Waals surface area contributed by atoms with Gasteiger partial charge in [-0.1, -0.05) is 31.5 Å². The van der Waals surface area contributed by atoms with Crippen molar-refractivity contribution in [3.63, 3.8) is 0 Å². The van der Waals surface area contributed by atoms with Crippen LogP contribution in [0.5, 0.6) is 0 Å². The molecule has 0 saturated heterocycles. The largest absolute Gasteiger partial charge is 0.481 e. The molecule has 2 atom stereocenters. The highest BCUT2D eigenvalue weighted by Gasteiger charge is 2.63. The summed E-state index contributed by atoms with van der Waals surface area (Å²) in [5.41, 5.74) is -0.889. The summed E-state index contributed by atoms with van der Waals surface area (Å²) in [4.78, 5) is 27.4. The van der Waals surface area contributed by atoms with E-state index in [4.69, 9.17) is 11.6 Å². The zero-order chi connectivity index (χ0) is 30.2. The molecular weight excluding hydrogens is 571 g/mol. The number of hydrogen-bond donors (Lipinski definition) is 2. The van der Waals surface area contributed by atoms with E-state index in [0.29, 0.717) is 28.8 Å². The van der Waals surface area contributed by atoms with Crippen molar-refractivity contribution in [2.24, 2.45) is 22.7 Å². The first-order chi connectivity index (χ1) is 19.7. The Hall–Kier alpha value is -3.08. The molecule has 8 nitrogen and oxygen atoms in total. The molecule has 1 amide bonds. The summed E-state index contributed by atoms with van der Waals surface area (Å²) < 4.78 is 44.8. The van der Waals surface area contributed by atoms with E-state index in [1.54, 1.807) is 24.0 Å². The first-order valence-corrected chi connectivity index (χ1v) is 14.9. The van der Waals surface area contributed by atoms with E-state index in [-0.39, 0.29) is 43.7 Å². The summed E-state index contributed by atoms with van der Waals surface area (Å²) in [5, 5.41) is 22.2. The lowest BCUT2D eigenvalue weighted by Gasteiger charge is -2.35. The Bertz CT molecular complexity index is 1520. The molecule has 6 rings (SSSR count). The molecule has 2 aromatic heterocycles. The van der Waals surface area contributed by atoms with E-state index in [2.05, 4.69) is 29.1 Å². The summed E-state index contributed by atoms with van der Waals surface area (Å²) in [6.45, 7) is 6.23. The Balaban J connectivity index is 1.30. The number of rotatable bonds is 7. The van der Waals surface area contributed by atoms with Gasteiger partial charge in [-0.25, -0.2) is 0 Å². The molecule has 2 N–H and O–H groups in total. The lowest BCUT2D eigenvalue weighted by molar-refractivity contribution is -0.152. The van der Waals surface area contributed by atoms with Gasteiger partial charge in [0.2, 0.25) is 0 Å². The van der Waals surface area contributed by atoms with Crippen molar-refractivity contribution in [2.45, 2.75) is 84.0 Å². The fourth-order valence-corrected chi connectivity index (χ4v) is 7.90. The lowest BCUT2D eigenvalue weighted by atomic mass is 9.74. The van der Waals surface area contributed by atoms with Crippen molar-refractivity contribution in [2.75, 3.05) is 6.54 Å². The Morgan fingerprint density at radius 3 is 2.45 bits per heavy atom. The minimum Gasteiger partial charge on any atom is -0.481 e. The summed E-state index contributed by atoms with van der Waals surface area (Å²) in [7, 11) is 0. The lowest BCUT2D eigenvalue weighted by Crippen LogP contribution is -2.42. The Kier molecular flexibility index (Phi) is 6.90. The van der Waals surface area contributed by atoms with Gasteiger partial charge in [0.1, 0.15) is 0 Å². The predicted octanol–water partition coefficient (Wildman–Crippen LogP) is 6.76. The highest BCUT2D eigenvalue weighted by molar-refractivity contribution is 6.35. The number of aromatic amines is 1. The Labute approximate surface area is 246 Å². The van der Waals surface area contributed by atoms with Crippen LogP contribution in [0.2, 0.25) is 5.02 Å². The number of alkyl halides is 3. The molecular formula is C30H35ClF3N5O3.